The van der Waals surface area contributed by atoms with Gasteiger partial charge < -0.3 is 4.74 Å². The van der Waals surface area contributed by atoms with E-state index in [1.54, 1.807) is 48.9 Å². The smallest absolute Gasteiger partial charge is 0.339 e. The van der Waals surface area contributed by atoms with Crippen LogP contribution in [-0.2, 0) is 11.3 Å². The summed E-state index contributed by atoms with van der Waals surface area (Å²) >= 11 is 0. The molecule has 1 heterocycles. The zero-order valence-electron chi connectivity index (χ0n) is 12.6. The number of rotatable bonds is 5. The summed E-state index contributed by atoms with van der Waals surface area (Å²) in [5, 5.41) is 23.5. The van der Waals surface area contributed by atoms with E-state index in [0.29, 0.717) is 23.5 Å². The third-order valence-electron chi connectivity index (χ3n) is 3.32. The number of benzene rings is 1. The van der Waals surface area contributed by atoms with Crippen molar-refractivity contribution in [3.05, 3.63) is 56.9 Å². The Morgan fingerprint density at radius 1 is 1.39 bits per heavy atom. The Kier molecular flexibility index (Phi) is 4.71. The number of nitro groups is 1. The van der Waals surface area contributed by atoms with E-state index in [1.807, 2.05) is 0 Å². The fourth-order valence-corrected chi connectivity index (χ4v) is 2.21. The fourth-order valence-electron chi connectivity index (χ4n) is 2.21. The zero-order valence-corrected chi connectivity index (χ0v) is 12.6. The monoisotopic (exact) mass is 314 g/mol. The Morgan fingerprint density at radius 2 is 2.04 bits per heavy atom. The van der Waals surface area contributed by atoms with E-state index in [0.717, 1.165) is 5.56 Å². The van der Waals surface area contributed by atoms with Crippen LogP contribution in [0.25, 0.3) is 0 Å². The molecule has 2 rings (SSSR count). The van der Waals surface area contributed by atoms with Crippen LogP contribution in [0.1, 0.15) is 27.3 Å². The Morgan fingerprint density at radius 3 is 2.57 bits per heavy atom. The van der Waals surface area contributed by atoms with Crippen LogP contribution in [0.4, 0.5) is 5.69 Å². The van der Waals surface area contributed by atoms with Crippen LogP contribution in [0.2, 0.25) is 0 Å². The first-order valence-corrected chi connectivity index (χ1v) is 6.75. The van der Waals surface area contributed by atoms with Crippen LogP contribution in [0, 0.1) is 35.3 Å². The normalized spacial score (nSPS) is 10.1. The maximum atomic E-state index is 11.6. The Labute approximate surface area is 132 Å². The molecule has 23 heavy (non-hydrogen) atoms. The van der Waals surface area contributed by atoms with E-state index in [4.69, 9.17) is 10.00 Å². The van der Waals surface area contributed by atoms with Crippen LogP contribution in [0.3, 0.4) is 0 Å². The highest BCUT2D eigenvalue weighted by molar-refractivity contribution is 5.89. The number of esters is 1. The van der Waals surface area contributed by atoms with Gasteiger partial charge in [-0.25, -0.2) is 4.79 Å². The molecule has 0 N–H and O–H groups in total. The summed E-state index contributed by atoms with van der Waals surface area (Å²) in [6, 6.07) is 8.31. The molecule has 0 bridgehead atoms. The highest BCUT2D eigenvalue weighted by Gasteiger charge is 2.21. The summed E-state index contributed by atoms with van der Waals surface area (Å²) in [7, 11) is 0. The topological polar surface area (TPSA) is 111 Å². The molecule has 0 amide bonds. The van der Waals surface area contributed by atoms with Crippen molar-refractivity contribution in [3.8, 4) is 6.07 Å². The van der Waals surface area contributed by atoms with Crippen LogP contribution in [0.5, 0.6) is 0 Å². The second-order valence-corrected chi connectivity index (χ2v) is 4.87. The standard InChI is InChI=1S/C15H14N4O4/c1-10-14(19(21)22)11(2)18(17-10)9-12-3-5-13(6-4-12)15(20)23-8-7-16/h3-6H,8-9H2,1-2H3. The molecule has 0 radical (unpaired) electrons. The minimum atomic E-state index is -0.570. The van der Waals surface area contributed by atoms with Crippen molar-refractivity contribution in [2.75, 3.05) is 6.61 Å². The minimum absolute atomic E-state index is 0.0155. The summed E-state index contributed by atoms with van der Waals surface area (Å²) in [5.74, 6) is -0.570. The number of ether oxygens (including phenoxy) is 1. The maximum absolute atomic E-state index is 11.6. The van der Waals surface area contributed by atoms with E-state index in [2.05, 4.69) is 5.10 Å². The lowest BCUT2D eigenvalue weighted by atomic mass is 10.1. The third-order valence-corrected chi connectivity index (χ3v) is 3.32. The number of carbonyl (C=O) groups is 1. The summed E-state index contributed by atoms with van der Waals surface area (Å²) in [6.45, 7) is 3.30. The van der Waals surface area contributed by atoms with Gasteiger partial charge in [0.15, 0.2) is 6.61 Å². The first-order valence-electron chi connectivity index (χ1n) is 6.75. The average Bonchev–Trinajstić information content (AvgIpc) is 2.79. The van der Waals surface area contributed by atoms with Crippen LogP contribution in [0.15, 0.2) is 24.3 Å². The predicted octanol–water partition coefficient (Wildman–Crippen LogP) is 2.14. The summed E-state index contributed by atoms with van der Waals surface area (Å²) in [4.78, 5) is 22.1. The number of hydrogen-bond donors (Lipinski definition) is 0. The first kappa shape index (κ1) is 16.2. The van der Waals surface area contributed by atoms with Crippen molar-refractivity contribution in [3.63, 3.8) is 0 Å². The first-order chi connectivity index (χ1) is 10.9. The van der Waals surface area contributed by atoms with Gasteiger partial charge in [-0.2, -0.15) is 10.4 Å². The molecular weight excluding hydrogens is 300 g/mol. The molecular formula is C15H14N4O4. The maximum Gasteiger partial charge on any atom is 0.339 e. The van der Waals surface area contributed by atoms with Gasteiger partial charge in [-0.15, -0.1) is 0 Å². The number of hydrogen-bond acceptors (Lipinski definition) is 6. The number of aromatic nitrogens is 2. The molecule has 118 valence electrons. The molecule has 8 nitrogen and oxygen atoms in total. The molecule has 0 aliphatic carbocycles. The molecule has 1 aromatic carbocycles. The van der Waals surface area contributed by atoms with Gasteiger partial charge in [0.1, 0.15) is 17.5 Å². The summed E-state index contributed by atoms with van der Waals surface area (Å²) < 4.78 is 6.26. The molecule has 0 fully saturated rings. The van der Waals surface area contributed by atoms with Crippen molar-refractivity contribution in [1.82, 2.24) is 9.78 Å². The lowest BCUT2D eigenvalue weighted by molar-refractivity contribution is -0.386. The van der Waals surface area contributed by atoms with E-state index >= 15 is 0 Å². The molecule has 8 heteroatoms. The SMILES string of the molecule is Cc1nn(Cc2ccc(C(=O)OCC#N)cc2)c(C)c1[N+](=O)[O-]. The second-order valence-electron chi connectivity index (χ2n) is 4.87. The molecule has 1 aromatic heterocycles. The van der Waals surface area contributed by atoms with Crippen LogP contribution >= 0.6 is 0 Å². The van der Waals surface area contributed by atoms with E-state index in [-0.39, 0.29) is 12.3 Å². The zero-order chi connectivity index (χ0) is 17.0. The average molecular weight is 314 g/mol. The van der Waals surface area contributed by atoms with Gasteiger partial charge in [0.2, 0.25) is 0 Å². The number of nitrogens with zero attached hydrogens (tertiary/aromatic N) is 4. The van der Waals surface area contributed by atoms with E-state index in [1.165, 1.54) is 0 Å². The quantitative estimate of drug-likeness (QED) is 0.475. The minimum Gasteiger partial charge on any atom is -0.447 e. The number of carbonyl (C=O) groups excluding carboxylic acids is 1. The summed E-state index contributed by atoms with van der Waals surface area (Å²) in [5.41, 5.74) is 2.03. The Balaban J connectivity index is 2.16. The van der Waals surface area contributed by atoms with E-state index < -0.39 is 10.9 Å². The molecule has 2 aromatic rings. The molecule has 0 atom stereocenters. The molecule has 0 unspecified atom stereocenters. The lowest BCUT2D eigenvalue weighted by Gasteiger charge is -2.05. The predicted molar refractivity (Wildman–Crippen MR) is 79.8 cm³/mol. The molecule has 0 saturated heterocycles. The largest absolute Gasteiger partial charge is 0.447 e. The summed E-state index contributed by atoms with van der Waals surface area (Å²) in [6.07, 6.45) is 0. The van der Waals surface area contributed by atoms with Gasteiger partial charge in [-0.1, -0.05) is 12.1 Å². The second kappa shape index (κ2) is 6.70. The van der Waals surface area contributed by atoms with Crippen molar-refractivity contribution < 1.29 is 14.5 Å². The van der Waals surface area contributed by atoms with Crippen molar-refractivity contribution in [2.24, 2.45) is 0 Å². The van der Waals surface area contributed by atoms with Gasteiger partial charge >= 0.3 is 11.7 Å². The highest BCUT2D eigenvalue weighted by atomic mass is 16.6. The Hall–Kier alpha value is -3.21. The third kappa shape index (κ3) is 3.52. The van der Waals surface area contributed by atoms with Gasteiger partial charge in [0.05, 0.1) is 17.0 Å². The van der Waals surface area contributed by atoms with Gasteiger partial charge in [0.25, 0.3) is 0 Å². The van der Waals surface area contributed by atoms with Crippen molar-refractivity contribution in [2.45, 2.75) is 20.4 Å². The number of aryl methyl sites for hydroxylation is 1. The molecule has 0 aliphatic rings. The lowest BCUT2D eigenvalue weighted by Crippen LogP contribution is -2.07. The Bertz CT molecular complexity index is 787. The van der Waals surface area contributed by atoms with Crippen LogP contribution < -0.4 is 0 Å². The van der Waals surface area contributed by atoms with Crippen molar-refractivity contribution >= 4 is 11.7 Å². The molecule has 0 aliphatic heterocycles. The molecule has 0 saturated carbocycles. The van der Waals surface area contributed by atoms with Crippen molar-refractivity contribution in [1.29, 1.82) is 5.26 Å². The molecule has 0 spiro atoms. The van der Waals surface area contributed by atoms with E-state index in [9.17, 15) is 14.9 Å². The highest BCUT2D eigenvalue weighted by Crippen LogP contribution is 2.22. The van der Waals surface area contributed by atoms with Crippen LogP contribution in [-0.4, -0.2) is 27.3 Å². The van der Waals surface area contributed by atoms with Gasteiger partial charge in [-0.3, -0.25) is 14.8 Å². The number of nitriles is 1. The van der Waals surface area contributed by atoms with Gasteiger partial charge in [-0.05, 0) is 31.5 Å². The van der Waals surface area contributed by atoms with Gasteiger partial charge in [0, 0.05) is 0 Å². The fraction of sp³-hybridized carbons (Fsp3) is 0.267.